The monoisotopic (exact) mass is 432 g/mol. The van der Waals surface area contributed by atoms with Crippen LogP contribution in [0.4, 0.5) is 5.69 Å². The van der Waals surface area contributed by atoms with Crippen LogP contribution in [0.1, 0.15) is 24.5 Å². The molecule has 0 bridgehead atoms. The molecule has 0 radical (unpaired) electrons. The number of carbonyl (C=O) groups excluding carboxylic acids is 1. The van der Waals surface area contributed by atoms with Gasteiger partial charge in [0.1, 0.15) is 18.1 Å². The molecule has 162 valence electrons. The molecular formula is C22H28N2O5S. The van der Waals surface area contributed by atoms with E-state index in [1.807, 2.05) is 37.3 Å². The van der Waals surface area contributed by atoms with Crippen LogP contribution in [0.3, 0.4) is 0 Å². The van der Waals surface area contributed by atoms with Crippen molar-refractivity contribution in [3.8, 4) is 11.5 Å². The van der Waals surface area contributed by atoms with Crippen LogP contribution in [0, 0.1) is 6.92 Å². The summed E-state index contributed by atoms with van der Waals surface area (Å²) in [5.41, 5.74) is 2.63. The molecule has 0 saturated carbocycles. The molecule has 0 aliphatic carbocycles. The smallest absolute Gasteiger partial charge is 0.263 e. The Kier molecular flexibility index (Phi) is 6.87. The molecule has 3 rings (SSSR count). The fourth-order valence-electron chi connectivity index (χ4n) is 3.31. The average Bonchev–Trinajstić information content (AvgIpc) is 2.70. The van der Waals surface area contributed by atoms with Crippen molar-refractivity contribution in [3.63, 3.8) is 0 Å². The van der Waals surface area contributed by atoms with Gasteiger partial charge >= 0.3 is 0 Å². The molecule has 1 amide bonds. The molecule has 2 aromatic rings. The first-order chi connectivity index (χ1) is 14.3. The highest BCUT2D eigenvalue weighted by Crippen LogP contribution is 2.35. The van der Waals surface area contributed by atoms with Crippen LogP contribution in [0.15, 0.2) is 42.5 Å². The second kappa shape index (κ2) is 9.38. The summed E-state index contributed by atoms with van der Waals surface area (Å²) >= 11 is 0. The molecule has 1 aliphatic rings. The number of carbonyl (C=O) groups is 1. The number of nitrogens with one attached hydrogen (secondary N) is 1. The Bertz CT molecular complexity index is 989. The molecule has 1 atom stereocenters. The van der Waals surface area contributed by atoms with Crippen LogP contribution in [0.5, 0.6) is 11.5 Å². The minimum atomic E-state index is -3.54. The van der Waals surface area contributed by atoms with Crippen LogP contribution < -0.4 is 19.1 Å². The van der Waals surface area contributed by atoms with Gasteiger partial charge in [0.2, 0.25) is 10.0 Å². The highest BCUT2D eigenvalue weighted by Gasteiger charge is 2.34. The third kappa shape index (κ3) is 5.44. The normalized spacial score (nSPS) is 15.8. The molecule has 1 aliphatic heterocycles. The molecule has 0 unspecified atom stereocenters. The van der Waals surface area contributed by atoms with Crippen molar-refractivity contribution in [1.82, 2.24) is 5.32 Å². The van der Waals surface area contributed by atoms with Gasteiger partial charge in [-0.2, -0.15) is 0 Å². The van der Waals surface area contributed by atoms with Crippen LogP contribution in [0.25, 0.3) is 0 Å². The quantitative estimate of drug-likeness (QED) is 0.649. The Hall–Kier alpha value is -2.74. The molecule has 0 aromatic heterocycles. The molecule has 0 spiro atoms. The molecular weight excluding hydrogens is 404 g/mol. The first-order valence-electron chi connectivity index (χ1n) is 10.0. The van der Waals surface area contributed by atoms with E-state index >= 15 is 0 Å². The molecule has 0 saturated heterocycles. The van der Waals surface area contributed by atoms with E-state index in [9.17, 15) is 13.2 Å². The summed E-state index contributed by atoms with van der Waals surface area (Å²) in [6.45, 7) is 4.54. The van der Waals surface area contributed by atoms with E-state index in [4.69, 9.17) is 9.47 Å². The highest BCUT2D eigenvalue weighted by atomic mass is 32.2. The number of benzene rings is 2. The number of aryl methyl sites for hydroxylation is 2. The number of fused-ring (bicyclic) bond motifs is 1. The van der Waals surface area contributed by atoms with Crippen LogP contribution in [-0.2, 0) is 21.2 Å². The number of hydrogen-bond acceptors (Lipinski definition) is 5. The van der Waals surface area contributed by atoms with Gasteiger partial charge in [-0.05, 0) is 48.7 Å². The maximum Gasteiger partial charge on any atom is 0.263 e. The fourth-order valence-corrected chi connectivity index (χ4v) is 4.22. The third-order valence-electron chi connectivity index (χ3n) is 4.81. The lowest BCUT2D eigenvalue weighted by Gasteiger charge is -2.34. The summed E-state index contributed by atoms with van der Waals surface area (Å²) in [5, 5.41) is 2.76. The zero-order valence-electron chi connectivity index (χ0n) is 17.6. The summed E-state index contributed by atoms with van der Waals surface area (Å²) in [7, 11) is -3.54. The van der Waals surface area contributed by atoms with Gasteiger partial charge in [0.25, 0.3) is 5.91 Å². The predicted molar refractivity (Wildman–Crippen MR) is 117 cm³/mol. The molecule has 1 heterocycles. The van der Waals surface area contributed by atoms with Gasteiger partial charge in [0, 0.05) is 0 Å². The van der Waals surface area contributed by atoms with E-state index in [1.54, 1.807) is 12.1 Å². The van der Waals surface area contributed by atoms with E-state index < -0.39 is 16.1 Å². The van der Waals surface area contributed by atoms with Gasteiger partial charge in [-0.25, -0.2) is 8.42 Å². The van der Waals surface area contributed by atoms with E-state index in [0.29, 0.717) is 18.0 Å². The van der Waals surface area contributed by atoms with Crippen molar-refractivity contribution >= 4 is 21.6 Å². The second-order valence-corrected chi connectivity index (χ2v) is 9.31. The maximum absolute atomic E-state index is 12.6. The van der Waals surface area contributed by atoms with Gasteiger partial charge in [0.05, 0.1) is 25.0 Å². The topological polar surface area (TPSA) is 84.9 Å². The zero-order valence-corrected chi connectivity index (χ0v) is 18.4. The van der Waals surface area contributed by atoms with Crippen LogP contribution in [0.2, 0.25) is 0 Å². The van der Waals surface area contributed by atoms with E-state index in [-0.39, 0.29) is 19.0 Å². The standard InChI is InChI=1S/C22H28N2O5S/c1-4-5-17-7-9-18(10-8-17)28-13-12-23-22(25)21-15-24(30(3,26)27)19-11-6-16(2)14-20(19)29-21/h6-11,14,21H,4-5,12-13,15H2,1-3H3,(H,23,25)/t21-/m0/s1. The Morgan fingerprint density at radius 3 is 2.63 bits per heavy atom. The van der Waals surface area contributed by atoms with Crippen LogP contribution >= 0.6 is 0 Å². The number of ether oxygens (including phenoxy) is 2. The van der Waals surface area contributed by atoms with Crippen molar-refractivity contribution < 1.29 is 22.7 Å². The Balaban J connectivity index is 1.56. The first kappa shape index (κ1) is 22.0. The highest BCUT2D eigenvalue weighted by molar-refractivity contribution is 7.92. The van der Waals surface area contributed by atoms with Gasteiger partial charge < -0.3 is 14.8 Å². The Morgan fingerprint density at radius 2 is 1.97 bits per heavy atom. The van der Waals surface area contributed by atoms with Gasteiger partial charge in [-0.15, -0.1) is 0 Å². The maximum atomic E-state index is 12.6. The fraction of sp³-hybridized carbons (Fsp3) is 0.409. The molecule has 30 heavy (non-hydrogen) atoms. The van der Waals surface area contributed by atoms with E-state index in [2.05, 4.69) is 12.2 Å². The molecule has 2 aromatic carbocycles. The lowest BCUT2D eigenvalue weighted by molar-refractivity contribution is -0.127. The lowest BCUT2D eigenvalue weighted by Crippen LogP contribution is -2.51. The summed E-state index contributed by atoms with van der Waals surface area (Å²) in [6, 6.07) is 13.1. The number of hydrogen-bond donors (Lipinski definition) is 1. The molecule has 7 nitrogen and oxygen atoms in total. The Morgan fingerprint density at radius 1 is 1.23 bits per heavy atom. The van der Waals surface area contributed by atoms with Crippen molar-refractivity contribution in [2.45, 2.75) is 32.8 Å². The lowest BCUT2D eigenvalue weighted by atomic mass is 10.1. The van der Waals surface area contributed by atoms with E-state index in [1.165, 1.54) is 9.87 Å². The number of sulfonamides is 1. The van der Waals surface area contributed by atoms with Crippen molar-refractivity contribution in [3.05, 3.63) is 53.6 Å². The third-order valence-corrected chi connectivity index (χ3v) is 5.96. The van der Waals surface area contributed by atoms with E-state index in [0.717, 1.165) is 30.4 Å². The second-order valence-electron chi connectivity index (χ2n) is 7.41. The molecule has 8 heteroatoms. The van der Waals surface area contributed by atoms with Crippen LogP contribution in [-0.4, -0.2) is 46.4 Å². The average molecular weight is 433 g/mol. The minimum absolute atomic E-state index is 0.0690. The summed E-state index contributed by atoms with van der Waals surface area (Å²) in [4.78, 5) is 12.6. The first-order valence-corrected chi connectivity index (χ1v) is 11.9. The van der Waals surface area contributed by atoms with Gasteiger partial charge in [-0.1, -0.05) is 31.5 Å². The number of rotatable bonds is 8. The zero-order chi connectivity index (χ0) is 21.7. The number of anilines is 1. The van der Waals surface area contributed by atoms with Crippen molar-refractivity contribution in [2.24, 2.45) is 0 Å². The predicted octanol–water partition coefficient (Wildman–Crippen LogP) is 2.67. The van der Waals surface area contributed by atoms with Gasteiger partial charge in [-0.3, -0.25) is 9.10 Å². The van der Waals surface area contributed by atoms with Crippen molar-refractivity contribution in [2.75, 3.05) is 30.3 Å². The van der Waals surface area contributed by atoms with Crippen molar-refractivity contribution in [1.29, 1.82) is 0 Å². The Labute approximate surface area is 178 Å². The molecule has 0 fully saturated rings. The molecule has 1 N–H and O–H groups in total. The number of nitrogens with zero attached hydrogens (tertiary/aromatic N) is 1. The number of amides is 1. The minimum Gasteiger partial charge on any atom is -0.492 e. The van der Waals surface area contributed by atoms with Gasteiger partial charge in [0.15, 0.2) is 6.10 Å². The summed E-state index contributed by atoms with van der Waals surface area (Å²) in [6.07, 6.45) is 2.32. The SMILES string of the molecule is CCCc1ccc(OCCNC(=O)[C@@H]2CN(S(C)(=O)=O)c3ccc(C)cc3O2)cc1. The summed E-state index contributed by atoms with van der Waals surface area (Å²) < 4.78 is 37.1. The summed E-state index contributed by atoms with van der Waals surface area (Å²) in [5.74, 6) is 0.749. The largest absolute Gasteiger partial charge is 0.492 e.